The lowest BCUT2D eigenvalue weighted by Crippen LogP contribution is -3.13. The van der Waals surface area contributed by atoms with Crippen molar-refractivity contribution in [2.75, 3.05) is 52.4 Å². The van der Waals surface area contributed by atoms with Crippen LogP contribution in [-0.4, -0.2) is 53.3 Å². The summed E-state index contributed by atoms with van der Waals surface area (Å²) in [5, 5.41) is 0. The summed E-state index contributed by atoms with van der Waals surface area (Å²) >= 11 is 0. The highest BCUT2D eigenvalue weighted by Gasteiger charge is 2.22. The number of ketones is 1. The zero-order valence-electron chi connectivity index (χ0n) is 17.1. The molecule has 0 aromatic heterocycles. The van der Waals surface area contributed by atoms with Gasteiger partial charge in [0.2, 0.25) is 5.75 Å². The van der Waals surface area contributed by atoms with Crippen LogP contribution in [0.5, 0.6) is 17.2 Å². The molecule has 0 aliphatic carbocycles. The van der Waals surface area contributed by atoms with Gasteiger partial charge in [-0.2, -0.15) is 0 Å². The van der Waals surface area contributed by atoms with Crippen molar-refractivity contribution in [3.8, 4) is 17.2 Å². The maximum atomic E-state index is 11.4. The van der Waals surface area contributed by atoms with Crippen molar-refractivity contribution in [3.63, 3.8) is 0 Å². The summed E-state index contributed by atoms with van der Waals surface area (Å²) < 4.78 is 16.3. The molecule has 0 saturated carbocycles. The molecule has 0 amide bonds. The average molecular weight is 385 g/mol. The van der Waals surface area contributed by atoms with E-state index in [4.69, 9.17) is 14.2 Å². The van der Waals surface area contributed by atoms with E-state index < -0.39 is 0 Å². The summed E-state index contributed by atoms with van der Waals surface area (Å²) in [7, 11) is 4.90. The smallest absolute Gasteiger partial charge is 0.203 e. The zero-order chi connectivity index (χ0) is 20.1. The fourth-order valence-corrected chi connectivity index (χ4v) is 3.69. The summed E-state index contributed by atoms with van der Waals surface area (Å²) in [5.41, 5.74) is 3.11. The fourth-order valence-electron chi connectivity index (χ4n) is 3.69. The van der Waals surface area contributed by atoms with Gasteiger partial charge in [-0.05, 0) is 43.3 Å². The van der Waals surface area contributed by atoms with E-state index >= 15 is 0 Å². The summed E-state index contributed by atoms with van der Waals surface area (Å²) in [6, 6.07) is 12.0. The minimum atomic E-state index is 0.103. The Morgan fingerprint density at radius 2 is 1.54 bits per heavy atom. The van der Waals surface area contributed by atoms with Crippen LogP contribution < -0.4 is 24.0 Å². The van der Waals surface area contributed by atoms with Crippen molar-refractivity contribution in [1.82, 2.24) is 0 Å². The number of rotatable bonds is 7. The molecule has 3 rings (SSSR count). The standard InChI is InChI=1S/C22H28N2O4/c1-16(25)18-5-7-19(8-6-18)24-11-9-23(10-12-24)15-17-13-20(26-2)22(28-4)21(14-17)27-3/h5-8,13-14H,9-12,15H2,1-4H3/p+1. The largest absolute Gasteiger partial charge is 0.493 e. The molecule has 6 heteroatoms. The van der Waals surface area contributed by atoms with E-state index in [2.05, 4.69) is 4.90 Å². The summed E-state index contributed by atoms with van der Waals surface area (Å²) in [5.74, 6) is 2.12. The maximum Gasteiger partial charge on any atom is 0.203 e. The maximum absolute atomic E-state index is 11.4. The molecule has 0 unspecified atom stereocenters. The minimum absolute atomic E-state index is 0.103. The predicted octanol–water partition coefficient (Wildman–Crippen LogP) is 1.82. The van der Waals surface area contributed by atoms with Crippen molar-refractivity contribution in [2.24, 2.45) is 0 Å². The number of benzene rings is 2. The summed E-state index contributed by atoms with van der Waals surface area (Å²) in [6.45, 7) is 6.57. The third kappa shape index (κ3) is 4.39. The topological polar surface area (TPSA) is 52.4 Å². The van der Waals surface area contributed by atoms with Gasteiger partial charge in [-0.3, -0.25) is 4.79 Å². The van der Waals surface area contributed by atoms with Gasteiger partial charge in [0.05, 0.1) is 47.5 Å². The van der Waals surface area contributed by atoms with Crippen molar-refractivity contribution in [3.05, 3.63) is 47.5 Å². The Bertz CT molecular complexity index is 787. The van der Waals surface area contributed by atoms with Gasteiger partial charge in [-0.15, -0.1) is 0 Å². The van der Waals surface area contributed by atoms with Gasteiger partial charge >= 0.3 is 0 Å². The van der Waals surface area contributed by atoms with Crippen LogP contribution in [0.25, 0.3) is 0 Å². The molecule has 0 spiro atoms. The number of nitrogens with one attached hydrogen (secondary N) is 1. The van der Waals surface area contributed by atoms with E-state index in [1.807, 2.05) is 36.4 Å². The van der Waals surface area contributed by atoms with Crippen LogP contribution in [0, 0.1) is 0 Å². The van der Waals surface area contributed by atoms with Crippen molar-refractivity contribution in [2.45, 2.75) is 13.5 Å². The molecular weight excluding hydrogens is 356 g/mol. The van der Waals surface area contributed by atoms with Crippen molar-refractivity contribution >= 4 is 11.5 Å². The van der Waals surface area contributed by atoms with Crippen LogP contribution in [0.15, 0.2) is 36.4 Å². The van der Waals surface area contributed by atoms with Gasteiger partial charge in [0.25, 0.3) is 0 Å². The number of quaternary nitrogens is 1. The van der Waals surface area contributed by atoms with E-state index in [0.717, 1.165) is 38.3 Å². The van der Waals surface area contributed by atoms with Crippen LogP contribution in [0.2, 0.25) is 0 Å². The van der Waals surface area contributed by atoms with Gasteiger partial charge in [0.15, 0.2) is 17.3 Å². The first-order valence-electron chi connectivity index (χ1n) is 9.54. The second-order valence-corrected chi connectivity index (χ2v) is 7.05. The molecule has 2 aromatic carbocycles. The second kappa shape index (κ2) is 8.97. The number of hydrogen-bond acceptors (Lipinski definition) is 5. The molecular formula is C22H29N2O4+. The quantitative estimate of drug-likeness (QED) is 0.737. The van der Waals surface area contributed by atoms with Gasteiger partial charge < -0.3 is 24.0 Å². The summed E-state index contributed by atoms with van der Waals surface area (Å²) in [4.78, 5) is 15.3. The monoisotopic (exact) mass is 385 g/mol. The third-order valence-corrected chi connectivity index (χ3v) is 5.29. The first-order chi connectivity index (χ1) is 13.5. The Morgan fingerprint density at radius 1 is 0.964 bits per heavy atom. The number of piperazine rings is 1. The molecule has 1 saturated heterocycles. The number of anilines is 1. The molecule has 2 aromatic rings. The molecule has 150 valence electrons. The van der Waals surface area contributed by atoms with Crippen molar-refractivity contribution < 1.29 is 23.9 Å². The van der Waals surface area contributed by atoms with Gasteiger partial charge in [-0.25, -0.2) is 0 Å². The lowest BCUT2D eigenvalue weighted by molar-refractivity contribution is -0.914. The number of hydrogen-bond donors (Lipinski definition) is 1. The molecule has 1 aliphatic heterocycles. The Labute approximate surface area is 166 Å². The normalized spacial score (nSPS) is 14.6. The van der Waals surface area contributed by atoms with Gasteiger partial charge in [0.1, 0.15) is 6.54 Å². The third-order valence-electron chi connectivity index (χ3n) is 5.29. The highest BCUT2D eigenvalue weighted by atomic mass is 16.5. The molecule has 1 heterocycles. The van der Waals surface area contributed by atoms with Crippen LogP contribution in [0.4, 0.5) is 5.69 Å². The van der Waals surface area contributed by atoms with Crippen LogP contribution >= 0.6 is 0 Å². The van der Waals surface area contributed by atoms with E-state index in [1.165, 1.54) is 16.2 Å². The highest BCUT2D eigenvalue weighted by Crippen LogP contribution is 2.38. The number of nitrogens with zero attached hydrogens (tertiary/aromatic N) is 1. The number of carbonyl (C=O) groups excluding carboxylic acids is 1. The Balaban J connectivity index is 1.63. The Hall–Kier alpha value is -2.73. The predicted molar refractivity (Wildman–Crippen MR) is 109 cm³/mol. The first kappa shape index (κ1) is 20.0. The molecule has 0 bridgehead atoms. The average Bonchev–Trinajstić information content (AvgIpc) is 2.73. The lowest BCUT2D eigenvalue weighted by Gasteiger charge is -2.34. The number of carbonyl (C=O) groups is 1. The van der Waals surface area contributed by atoms with Crippen LogP contribution in [0.1, 0.15) is 22.8 Å². The van der Waals surface area contributed by atoms with Crippen molar-refractivity contribution in [1.29, 1.82) is 0 Å². The lowest BCUT2D eigenvalue weighted by atomic mass is 10.1. The Morgan fingerprint density at radius 3 is 2.00 bits per heavy atom. The van der Waals surface area contributed by atoms with E-state index in [0.29, 0.717) is 17.2 Å². The molecule has 28 heavy (non-hydrogen) atoms. The SMILES string of the molecule is COc1cc(C[NH+]2CCN(c3ccc(C(C)=O)cc3)CC2)cc(OC)c1OC. The fraction of sp³-hybridized carbons (Fsp3) is 0.409. The minimum Gasteiger partial charge on any atom is -0.493 e. The highest BCUT2D eigenvalue weighted by molar-refractivity contribution is 5.94. The molecule has 1 fully saturated rings. The molecule has 0 atom stereocenters. The molecule has 0 radical (unpaired) electrons. The van der Waals surface area contributed by atoms with E-state index in [-0.39, 0.29) is 5.78 Å². The first-order valence-corrected chi connectivity index (χ1v) is 9.54. The Kier molecular flexibility index (Phi) is 6.41. The zero-order valence-corrected chi connectivity index (χ0v) is 17.1. The number of Topliss-reactive ketones (excluding diaryl/α,β-unsaturated/α-hetero) is 1. The number of methoxy groups -OCH3 is 3. The van der Waals surface area contributed by atoms with Crippen LogP contribution in [-0.2, 0) is 6.54 Å². The molecule has 1 N–H and O–H groups in total. The molecule has 6 nitrogen and oxygen atoms in total. The van der Waals surface area contributed by atoms with E-state index in [1.54, 1.807) is 28.3 Å². The van der Waals surface area contributed by atoms with Gasteiger partial charge in [0, 0.05) is 16.8 Å². The second-order valence-electron chi connectivity index (χ2n) is 7.05. The van der Waals surface area contributed by atoms with Crippen LogP contribution in [0.3, 0.4) is 0 Å². The van der Waals surface area contributed by atoms with Gasteiger partial charge in [-0.1, -0.05) is 0 Å². The summed E-state index contributed by atoms with van der Waals surface area (Å²) in [6.07, 6.45) is 0. The number of ether oxygens (including phenoxy) is 3. The van der Waals surface area contributed by atoms with E-state index in [9.17, 15) is 4.79 Å². The molecule has 1 aliphatic rings.